The number of hydrogen-bond acceptors (Lipinski definition) is 5. The van der Waals surface area contributed by atoms with E-state index in [2.05, 4.69) is 5.10 Å². The molecule has 0 unspecified atom stereocenters. The summed E-state index contributed by atoms with van der Waals surface area (Å²) in [6, 6.07) is 6.26. The molecule has 156 valence electrons. The van der Waals surface area contributed by atoms with E-state index in [1.165, 1.54) is 11.5 Å². The van der Waals surface area contributed by atoms with Crippen molar-refractivity contribution in [2.75, 3.05) is 6.61 Å². The Morgan fingerprint density at radius 1 is 1.03 bits per heavy atom. The Hall–Kier alpha value is -3.45. The summed E-state index contributed by atoms with van der Waals surface area (Å²) in [5, 5.41) is 3.68. The number of carbonyl (C=O) groups is 2. The van der Waals surface area contributed by atoms with E-state index in [9.17, 15) is 35.9 Å². The van der Waals surface area contributed by atoms with E-state index in [4.69, 9.17) is 9.47 Å². The lowest BCUT2D eigenvalue weighted by Gasteiger charge is -2.25. The van der Waals surface area contributed by atoms with E-state index in [-0.39, 0.29) is 12.4 Å². The Bertz CT molecular complexity index is 908. The van der Waals surface area contributed by atoms with Gasteiger partial charge in [0.05, 0.1) is 0 Å². The molecule has 1 aliphatic rings. The monoisotopic (exact) mass is 424 g/mol. The van der Waals surface area contributed by atoms with Gasteiger partial charge in [0.15, 0.2) is 22.9 Å². The van der Waals surface area contributed by atoms with Crippen molar-refractivity contribution in [1.29, 1.82) is 0 Å². The van der Waals surface area contributed by atoms with Crippen LogP contribution in [-0.4, -0.2) is 34.7 Å². The molecule has 14 heteroatoms. The summed E-state index contributed by atoms with van der Waals surface area (Å²) < 4.78 is 87.9. The average molecular weight is 424 g/mol. The van der Waals surface area contributed by atoms with Crippen LogP contribution in [0, 0.1) is 0 Å². The van der Waals surface area contributed by atoms with Gasteiger partial charge in [0, 0.05) is 0 Å². The third-order valence-electron chi connectivity index (χ3n) is 3.65. The number of rotatable bonds is 2. The van der Waals surface area contributed by atoms with Crippen molar-refractivity contribution in [3.05, 3.63) is 41.2 Å². The van der Waals surface area contributed by atoms with Gasteiger partial charge in [0.2, 0.25) is 6.10 Å². The number of aromatic amines is 1. The Kier molecular flexibility index (Phi) is 5.02. The van der Waals surface area contributed by atoms with E-state index in [0.717, 1.165) is 5.10 Å². The van der Waals surface area contributed by atoms with Gasteiger partial charge in [0.25, 0.3) is 11.8 Å². The number of fused-ring (bicyclic) bond motifs is 1. The van der Waals surface area contributed by atoms with E-state index in [0.29, 0.717) is 5.75 Å². The topological polar surface area (TPSA) is 105 Å². The number of alkyl halides is 6. The minimum Gasteiger partial charge on any atom is -0.485 e. The van der Waals surface area contributed by atoms with Crippen LogP contribution in [-0.2, 0) is 17.1 Å². The lowest BCUT2D eigenvalue weighted by molar-refractivity contribution is -0.143. The maximum Gasteiger partial charge on any atom is 0.435 e. The number of nitrogens with one attached hydrogen (secondary N) is 3. The van der Waals surface area contributed by atoms with Crippen LogP contribution in [0.5, 0.6) is 11.5 Å². The standard InChI is InChI=1S/C15H10F6N4O4/c16-14(17,18)10-9(11(23-22-10)15(19,20)21)13(27)25-24-12(26)8-5-28-6-3-1-2-4-7(6)29-8/h1-4,8H,5H2,(H,22,23)(H,24,26)(H,25,27)/t8-/m0/s1. The molecule has 3 rings (SSSR count). The van der Waals surface area contributed by atoms with Gasteiger partial charge in [0.1, 0.15) is 12.2 Å². The summed E-state index contributed by atoms with van der Waals surface area (Å²) in [7, 11) is 0. The van der Waals surface area contributed by atoms with Gasteiger partial charge >= 0.3 is 12.4 Å². The second-order valence-corrected chi connectivity index (χ2v) is 5.63. The van der Waals surface area contributed by atoms with Gasteiger partial charge < -0.3 is 9.47 Å². The highest BCUT2D eigenvalue weighted by molar-refractivity contribution is 5.98. The van der Waals surface area contributed by atoms with Crippen LogP contribution >= 0.6 is 0 Å². The van der Waals surface area contributed by atoms with E-state index < -0.39 is 47.2 Å². The fraction of sp³-hybridized carbons (Fsp3) is 0.267. The summed E-state index contributed by atoms with van der Waals surface area (Å²) in [5.41, 5.74) is -2.70. The van der Waals surface area contributed by atoms with Crippen molar-refractivity contribution >= 4 is 11.8 Å². The highest BCUT2D eigenvalue weighted by Gasteiger charge is 2.47. The molecular weight excluding hydrogens is 414 g/mol. The largest absolute Gasteiger partial charge is 0.485 e. The van der Waals surface area contributed by atoms with Crippen LogP contribution in [0.1, 0.15) is 21.7 Å². The summed E-state index contributed by atoms with van der Waals surface area (Å²) in [6.07, 6.45) is -12.0. The predicted molar refractivity (Wildman–Crippen MR) is 80.6 cm³/mol. The molecule has 2 amide bonds. The fourth-order valence-electron chi connectivity index (χ4n) is 2.38. The number of hydrogen-bond donors (Lipinski definition) is 3. The first kappa shape index (κ1) is 20.3. The van der Waals surface area contributed by atoms with Crippen LogP contribution in [0.4, 0.5) is 26.3 Å². The summed E-state index contributed by atoms with van der Waals surface area (Å²) in [6.45, 7) is -0.300. The first-order valence-electron chi connectivity index (χ1n) is 7.70. The molecule has 8 nitrogen and oxygen atoms in total. The van der Waals surface area contributed by atoms with E-state index in [1.807, 2.05) is 0 Å². The Morgan fingerprint density at radius 2 is 1.69 bits per heavy atom. The van der Waals surface area contributed by atoms with Crippen molar-refractivity contribution < 1.29 is 45.4 Å². The van der Waals surface area contributed by atoms with Gasteiger partial charge in [-0.25, -0.2) is 0 Å². The molecule has 0 radical (unpaired) electrons. The summed E-state index contributed by atoms with van der Waals surface area (Å²) >= 11 is 0. The predicted octanol–water partition coefficient (Wildman–Crippen LogP) is 2.05. The molecule has 0 fully saturated rings. The van der Waals surface area contributed by atoms with Crippen LogP contribution in [0.2, 0.25) is 0 Å². The van der Waals surface area contributed by atoms with Crippen LogP contribution in [0.15, 0.2) is 24.3 Å². The molecule has 0 saturated heterocycles. The fourth-order valence-corrected chi connectivity index (χ4v) is 2.38. The number of aromatic nitrogens is 2. The van der Waals surface area contributed by atoms with Crippen molar-refractivity contribution in [1.82, 2.24) is 21.0 Å². The van der Waals surface area contributed by atoms with Crippen LogP contribution in [0.3, 0.4) is 0 Å². The van der Waals surface area contributed by atoms with E-state index >= 15 is 0 Å². The first-order chi connectivity index (χ1) is 13.5. The van der Waals surface area contributed by atoms with Crippen LogP contribution < -0.4 is 20.3 Å². The molecule has 2 aromatic rings. The number of amides is 2. The Balaban J connectivity index is 1.73. The second-order valence-electron chi connectivity index (χ2n) is 5.63. The molecule has 2 heterocycles. The maximum atomic E-state index is 12.9. The van der Waals surface area contributed by atoms with Crippen molar-refractivity contribution in [2.24, 2.45) is 0 Å². The van der Waals surface area contributed by atoms with Gasteiger partial charge in [-0.1, -0.05) is 12.1 Å². The lowest BCUT2D eigenvalue weighted by Crippen LogP contribution is -2.51. The molecule has 1 aliphatic heterocycles. The minimum absolute atomic E-state index is 0.193. The van der Waals surface area contributed by atoms with Crippen molar-refractivity contribution in [3.8, 4) is 11.5 Å². The third-order valence-corrected chi connectivity index (χ3v) is 3.65. The highest BCUT2D eigenvalue weighted by atomic mass is 19.4. The third kappa shape index (κ3) is 4.20. The second kappa shape index (κ2) is 7.18. The number of halogens is 6. The number of H-pyrrole nitrogens is 1. The Morgan fingerprint density at radius 3 is 2.31 bits per heavy atom. The average Bonchev–Trinajstić information content (AvgIpc) is 3.11. The van der Waals surface area contributed by atoms with Gasteiger partial charge in [-0.3, -0.25) is 25.5 Å². The smallest absolute Gasteiger partial charge is 0.435 e. The summed E-state index contributed by atoms with van der Waals surface area (Å²) in [5.74, 6) is -2.40. The molecular formula is C15H10F6N4O4. The molecule has 29 heavy (non-hydrogen) atoms. The van der Waals surface area contributed by atoms with Crippen molar-refractivity contribution in [2.45, 2.75) is 18.5 Å². The number of nitrogens with zero attached hydrogens (tertiary/aromatic N) is 1. The molecule has 0 saturated carbocycles. The molecule has 0 aliphatic carbocycles. The number of benzene rings is 1. The molecule has 1 aromatic heterocycles. The van der Waals surface area contributed by atoms with Gasteiger partial charge in [-0.05, 0) is 12.1 Å². The minimum atomic E-state index is -5.35. The molecule has 0 spiro atoms. The lowest BCUT2D eigenvalue weighted by atomic mass is 10.1. The highest BCUT2D eigenvalue weighted by Crippen LogP contribution is 2.37. The molecule has 3 N–H and O–H groups in total. The van der Waals surface area contributed by atoms with E-state index in [1.54, 1.807) is 23.6 Å². The maximum absolute atomic E-state index is 12.9. The molecule has 0 bridgehead atoms. The van der Waals surface area contributed by atoms with Gasteiger partial charge in [-0.15, -0.1) is 0 Å². The number of hydrazine groups is 1. The zero-order chi connectivity index (χ0) is 21.4. The molecule has 1 atom stereocenters. The first-order valence-corrected chi connectivity index (χ1v) is 7.70. The zero-order valence-corrected chi connectivity index (χ0v) is 13.9. The SMILES string of the molecule is O=C(NNC(=O)[C@@H]1COc2ccccc2O1)c1c(C(F)(F)F)n[nH]c1C(F)(F)F. The normalized spacial score (nSPS) is 16.3. The van der Waals surface area contributed by atoms with Gasteiger partial charge in [-0.2, -0.15) is 31.4 Å². The zero-order valence-electron chi connectivity index (χ0n) is 13.9. The number of para-hydroxylation sites is 2. The van der Waals surface area contributed by atoms with Crippen LogP contribution in [0.25, 0.3) is 0 Å². The summed E-state index contributed by atoms with van der Waals surface area (Å²) in [4.78, 5) is 24.0. The Labute approximate surface area is 157 Å². The number of carbonyl (C=O) groups excluding carboxylic acids is 2. The quantitative estimate of drug-likeness (QED) is 0.506. The number of ether oxygens (including phenoxy) is 2. The van der Waals surface area contributed by atoms with Crippen molar-refractivity contribution in [3.63, 3.8) is 0 Å². The molecule has 1 aromatic carbocycles.